The highest BCUT2D eigenvalue weighted by Crippen LogP contribution is 2.41. The number of nitrogens with zero attached hydrogens (tertiary/aromatic N) is 3. The van der Waals surface area contributed by atoms with Crippen molar-refractivity contribution in [1.82, 2.24) is 9.78 Å². The number of hydrogen-bond acceptors (Lipinski definition) is 7. The Balaban J connectivity index is 1.62. The van der Waals surface area contributed by atoms with Crippen molar-refractivity contribution in [3.05, 3.63) is 37.7 Å². The van der Waals surface area contributed by atoms with Crippen molar-refractivity contribution in [3.8, 4) is 0 Å². The van der Waals surface area contributed by atoms with Crippen LogP contribution in [0.2, 0.25) is 0 Å². The molecule has 0 bridgehead atoms. The Bertz CT molecular complexity index is 1040. The molecule has 27 heavy (non-hydrogen) atoms. The van der Waals surface area contributed by atoms with E-state index < -0.39 is 20.7 Å². The van der Waals surface area contributed by atoms with Gasteiger partial charge in [0, 0.05) is 18.1 Å². The summed E-state index contributed by atoms with van der Waals surface area (Å²) in [5.74, 6) is 0.453. The Kier molecular flexibility index (Phi) is 4.30. The third-order valence-electron chi connectivity index (χ3n) is 4.86. The molecule has 1 aliphatic heterocycles. The summed E-state index contributed by atoms with van der Waals surface area (Å²) >= 11 is 1.05. The molecule has 2 aromatic heterocycles. The van der Waals surface area contributed by atoms with E-state index in [9.17, 15) is 23.3 Å². The number of carbonyl (C=O) groups is 1. The van der Waals surface area contributed by atoms with Crippen molar-refractivity contribution in [2.75, 3.05) is 16.8 Å². The van der Waals surface area contributed by atoms with Crippen molar-refractivity contribution in [2.24, 2.45) is 0 Å². The van der Waals surface area contributed by atoms with Gasteiger partial charge in [0.1, 0.15) is 5.82 Å². The third-order valence-corrected chi connectivity index (χ3v) is 7.65. The summed E-state index contributed by atoms with van der Waals surface area (Å²) in [6.07, 6.45) is 2.52. The molecule has 3 heterocycles. The highest BCUT2D eigenvalue weighted by Gasteiger charge is 2.34. The van der Waals surface area contributed by atoms with Crippen LogP contribution in [-0.2, 0) is 9.84 Å². The molecular formula is C16H18N4O5S2. The van der Waals surface area contributed by atoms with E-state index in [1.54, 1.807) is 17.7 Å². The molecule has 2 fully saturated rings. The molecule has 0 unspecified atom stereocenters. The minimum absolute atomic E-state index is 0.00520. The quantitative estimate of drug-likeness (QED) is 0.597. The Morgan fingerprint density at radius 1 is 1.37 bits per heavy atom. The zero-order chi connectivity index (χ0) is 19.3. The number of hydrogen-bond donors (Lipinski definition) is 1. The number of sulfone groups is 1. The fraction of sp³-hybridized carbons (Fsp3) is 0.500. The smallest absolute Gasteiger partial charge is 0.283 e. The van der Waals surface area contributed by atoms with Gasteiger partial charge in [-0.2, -0.15) is 5.10 Å². The van der Waals surface area contributed by atoms with Gasteiger partial charge >= 0.3 is 0 Å². The van der Waals surface area contributed by atoms with Crippen molar-refractivity contribution >= 4 is 38.6 Å². The lowest BCUT2D eigenvalue weighted by Crippen LogP contribution is -2.19. The molecule has 2 aromatic rings. The number of carbonyl (C=O) groups excluding carboxylic acids is 1. The Hall–Kier alpha value is -2.27. The Morgan fingerprint density at radius 3 is 2.67 bits per heavy atom. The van der Waals surface area contributed by atoms with Crippen LogP contribution < -0.4 is 5.32 Å². The van der Waals surface area contributed by atoms with Crippen LogP contribution in [0.25, 0.3) is 0 Å². The number of aromatic nitrogens is 2. The molecule has 1 saturated carbocycles. The maximum absolute atomic E-state index is 12.6. The molecule has 0 spiro atoms. The summed E-state index contributed by atoms with van der Waals surface area (Å²) in [6.45, 7) is 1.60. The highest BCUT2D eigenvalue weighted by atomic mass is 32.2. The summed E-state index contributed by atoms with van der Waals surface area (Å²) in [6, 6.07) is 2.74. The lowest BCUT2D eigenvalue weighted by molar-refractivity contribution is -0.385. The van der Waals surface area contributed by atoms with Crippen molar-refractivity contribution in [1.29, 1.82) is 0 Å². The molecule has 1 atom stereocenters. The predicted octanol–water partition coefficient (Wildman–Crippen LogP) is 2.65. The first-order valence-electron chi connectivity index (χ1n) is 8.59. The lowest BCUT2D eigenvalue weighted by Gasteiger charge is -2.13. The van der Waals surface area contributed by atoms with Crippen LogP contribution in [0.1, 0.15) is 51.5 Å². The molecule has 1 N–H and O–H groups in total. The highest BCUT2D eigenvalue weighted by molar-refractivity contribution is 7.91. The van der Waals surface area contributed by atoms with E-state index in [2.05, 4.69) is 10.4 Å². The number of thiophene rings is 1. The van der Waals surface area contributed by atoms with Gasteiger partial charge < -0.3 is 5.32 Å². The zero-order valence-electron chi connectivity index (χ0n) is 14.5. The van der Waals surface area contributed by atoms with Crippen molar-refractivity contribution in [2.45, 2.75) is 38.1 Å². The second-order valence-corrected chi connectivity index (χ2v) is 10.5. The van der Waals surface area contributed by atoms with Gasteiger partial charge in [-0.1, -0.05) is 0 Å². The van der Waals surface area contributed by atoms with Crippen LogP contribution in [0.4, 0.5) is 11.5 Å². The number of amides is 1. The van der Waals surface area contributed by atoms with Gasteiger partial charge in [0.25, 0.3) is 11.6 Å². The molecule has 0 aromatic carbocycles. The molecule has 1 amide bonds. The summed E-state index contributed by atoms with van der Waals surface area (Å²) < 4.78 is 25.3. The van der Waals surface area contributed by atoms with Crippen molar-refractivity contribution < 1.29 is 18.1 Å². The molecule has 11 heteroatoms. The van der Waals surface area contributed by atoms with Gasteiger partial charge in [0.05, 0.1) is 37.9 Å². The molecular weight excluding hydrogens is 392 g/mol. The van der Waals surface area contributed by atoms with E-state index in [1.807, 2.05) is 0 Å². The topological polar surface area (TPSA) is 124 Å². The van der Waals surface area contributed by atoms with E-state index >= 15 is 0 Å². The van der Waals surface area contributed by atoms with Crippen LogP contribution in [0.5, 0.6) is 0 Å². The Labute approximate surface area is 159 Å². The van der Waals surface area contributed by atoms with Gasteiger partial charge in [-0.25, -0.2) is 13.1 Å². The molecule has 0 radical (unpaired) electrons. The Morgan fingerprint density at radius 2 is 2.11 bits per heavy atom. The minimum atomic E-state index is -3.09. The largest absolute Gasteiger partial charge is 0.306 e. The number of nitro groups is 1. The maximum Gasteiger partial charge on any atom is 0.283 e. The molecule has 9 nitrogen and oxygen atoms in total. The van der Waals surface area contributed by atoms with E-state index in [0.717, 1.165) is 29.9 Å². The van der Waals surface area contributed by atoms with Crippen LogP contribution in [0.3, 0.4) is 0 Å². The first-order valence-corrected chi connectivity index (χ1v) is 11.2. The minimum Gasteiger partial charge on any atom is -0.306 e. The zero-order valence-corrected chi connectivity index (χ0v) is 16.2. The maximum atomic E-state index is 12.6. The number of rotatable bonds is 5. The average molecular weight is 410 g/mol. The van der Waals surface area contributed by atoms with Crippen LogP contribution in [0.15, 0.2) is 12.1 Å². The van der Waals surface area contributed by atoms with Crippen LogP contribution in [0, 0.1) is 17.0 Å². The van der Waals surface area contributed by atoms with Gasteiger partial charge in [-0.15, -0.1) is 11.3 Å². The molecule has 4 rings (SSSR count). The number of anilines is 1. The van der Waals surface area contributed by atoms with Crippen LogP contribution >= 0.6 is 11.3 Å². The molecule has 2 aliphatic rings. The summed E-state index contributed by atoms with van der Waals surface area (Å²) in [4.78, 5) is 23.8. The van der Waals surface area contributed by atoms with E-state index in [4.69, 9.17) is 0 Å². The summed E-state index contributed by atoms with van der Waals surface area (Å²) in [7, 11) is -3.09. The first kappa shape index (κ1) is 18.1. The predicted molar refractivity (Wildman–Crippen MR) is 100 cm³/mol. The fourth-order valence-electron chi connectivity index (χ4n) is 3.28. The fourth-order valence-corrected chi connectivity index (χ4v) is 5.85. The second-order valence-electron chi connectivity index (χ2n) is 6.99. The monoisotopic (exact) mass is 410 g/mol. The van der Waals surface area contributed by atoms with Crippen LogP contribution in [-0.4, -0.2) is 40.5 Å². The molecule has 144 valence electrons. The van der Waals surface area contributed by atoms with Gasteiger partial charge in [0.15, 0.2) is 9.84 Å². The molecule has 1 saturated heterocycles. The van der Waals surface area contributed by atoms with Gasteiger partial charge in [0.2, 0.25) is 0 Å². The third kappa shape index (κ3) is 3.61. The molecule has 1 aliphatic carbocycles. The van der Waals surface area contributed by atoms with Gasteiger partial charge in [-0.05, 0) is 26.2 Å². The van der Waals surface area contributed by atoms with Gasteiger partial charge in [-0.3, -0.25) is 14.9 Å². The number of aryl methyl sites for hydroxylation is 1. The second kappa shape index (κ2) is 6.41. The van der Waals surface area contributed by atoms with E-state index in [0.29, 0.717) is 23.0 Å². The normalized spacial score (nSPS) is 21.3. The van der Waals surface area contributed by atoms with E-state index in [-0.39, 0.29) is 28.1 Å². The first-order chi connectivity index (χ1) is 12.7. The van der Waals surface area contributed by atoms with Crippen molar-refractivity contribution in [3.63, 3.8) is 0 Å². The number of nitrogens with one attached hydrogen (secondary N) is 1. The lowest BCUT2D eigenvalue weighted by atomic mass is 10.2. The summed E-state index contributed by atoms with van der Waals surface area (Å²) in [5, 5.41) is 18.3. The SMILES string of the molecule is Cc1sc(C(=O)Nc2cc(C3CC3)nn2[C@@H]2CCS(=O)(=O)C2)cc1[N+](=O)[O-]. The average Bonchev–Trinajstić information content (AvgIpc) is 3.08. The summed E-state index contributed by atoms with van der Waals surface area (Å²) in [5.41, 5.74) is 0.766. The van der Waals surface area contributed by atoms with E-state index in [1.165, 1.54) is 6.07 Å². The standard InChI is InChI=1S/C16H18N4O5S2/c1-9-13(20(22)23)7-14(26-9)16(21)17-15-6-12(10-2-3-10)18-19(15)11-4-5-27(24,25)8-11/h6-7,10-11H,2-5,8H2,1H3,(H,17,21)/t11-/m1/s1.